The van der Waals surface area contributed by atoms with E-state index in [9.17, 15) is 5.11 Å². The Labute approximate surface area is 116 Å². The van der Waals surface area contributed by atoms with E-state index in [1.807, 2.05) is 25.1 Å². The van der Waals surface area contributed by atoms with Crippen LogP contribution in [0.1, 0.15) is 31.9 Å². The highest BCUT2D eigenvalue weighted by molar-refractivity contribution is 9.10. The van der Waals surface area contributed by atoms with E-state index in [-0.39, 0.29) is 6.10 Å². The van der Waals surface area contributed by atoms with Gasteiger partial charge < -0.3 is 14.6 Å². The molecule has 2 rings (SSSR count). The Hall–Kier alpha value is -0.580. The number of halogens is 1. The Bertz CT molecular complexity index is 408. The van der Waals surface area contributed by atoms with E-state index in [1.54, 1.807) is 0 Å². The minimum absolute atomic E-state index is 0.112. The van der Waals surface area contributed by atoms with E-state index < -0.39 is 6.10 Å². The average molecular weight is 315 g/mol. The van der Waals surface area contributed by atoms with Crippen molar-refractivity contribution in [2.45, 2.75) is 32.5 Å². The third kappa shape index (κ3) is 2.87. The summed E-state index contributed by atoms with van der Waals surface area (Å²) in [5.41, 5.74) is 0.859. The summed E-state index contributed by atoms with van der Waals surface area (Å²) in [5, 5.41) is 10.4. The fraction of sp³-hybridized carbons (Fsp3) is 0.571. The highest BCUT2D eigenvalue weighted by atomic mass is 79.9. The van der Waals surface area contributed by atoms with Gasteiger partial charge in [0.15, 0.2) is 0 Å². The maximum Gasteiger partial charge on any atom is 0.120 e. The lowest BCUT2D eigenvalue weighted by atomic mass is 9.95. The van der Waals surface area contributed by atoms with Crippen LogP contribution in [0.3, 0.4) is 0 Å². The smallest absolute Gasteiger partial charge is 0.120 e. The minimum atomic E-state index is -0.590. The minimum Gasteiger partial charge on any atom is -0.494 e. The van der Waals surface area contributed by atoms with Crippen LogP contribution in [-0.2, 0) is 4.74 Å². The predicted octanol–water partition coefficient (Wildman–Crippen LogP) is 3.31. The van der Waals surface area contributed by atoms with Gasteiger partial charge in [0.2, 0.25) is 0 Å². The highest BCUT2D eigenvalue weighted by Crippen LogP contribution is 2.35. The lowest BCUT2D eigenvalue weighted by Crippen LogP contribution is -2.23. The van der Waals surface area contributed by atoms with E-state index in [2.05, 4.69) is 22.9 Å². The summed E-state index contributed by atoms with van der Waals surface area (Å²) >= 11 is 3.49. The van der Waals surface area contributed by atoms with Gasteiger partial charge in [-0.1, -0.05) is 28.9 Å². The highest BCUT2D eigenvalue weighted by Gasteiger charge is 2.32. The largest absolute Gasteiger partial charge is 0.494 e. The summed E-state index contributed by atoms with van der Waals surface area (Å²) in [6.07, 6.45) is 0.308. The van der Waals surface area contributed by atoms with Crippen LogP contribution < -0.4 is 4.74 Å². The third-order valence-electron chi connectivity index (χ3n) is 3.36. The summed E-state index contributed by atoms with van der Waals surface area (Å²) in [4.78, 5) is 0. The maximum atomic E-state index is 10.4. The molecule has 1 aliphatic heterocycles. The van der Waals surface area contributed by atoms with Crippen molar-refractivity contribution in [1.29, 1.82) is 0 Å². The Balaban J connectivity index is 2.17. The van der Waals surface area contributed by atoms with Gasteiger partial charge in [-0.05, 0) is 37.0 Å². The number of aliphatic hydroxyl groups excluding tert-OH is 1. The van der Waals surface area contributed by atoms with Gasteiger partial charge in [0, 0.05) is 11.1 Å². The van der Waals surface area contributed by atoms with Crippen molar-refractivity contribution in [1.82, 2.24) is 0 Å². The Kier molecular flexibility index (Phi) is 4.65. The molecule has 3 unspecified atom stereocenters. The zero-order chi connectivity index (χ0) is 13.1. The number of rotatable bonds is 4. The number of benzene rings is 1. The monoisotopic (exact) mass is 314 g/mol. The van der Waals surface area contributed by atoms with Crippen LogP contribution in [0.15, 0.2) is 22.7 Å². The Morgan fingerprint density at radius 1 is 1.56 bits per heavy atom. The van der Waals surface area contributed by atoms with Crippen LogP contribution in [-0.4, -0.2) is 24.4 Å². The maximum absolute atomic E-state index is 10.4. The van der Waals surface area contributed by atoms with Crippen molar-refractivity contribution in [2.75, 3.05) is 13.2 Å². The molecule has 1 N–H and O–H groups in total. The normalized spacial score (nSPS) is 25.1. The van der Waals surface area contributed by atoms with Crippen molar-refractivity contribution >= 4 is 15.9 Å². The zero-order valence-electron chi connectivity index (χ0n) is 10.7. The standard InChI is InChI=1S/C14H19BrO3/c1-3-17-10-4-5-11(12(15)8-10)13(16)14-9(2)6-7-18-14/h4-5,8-9,13-14,16H,3,6-7H2,1-2H3. The molecule has 1 heterocycles. The summed E-state index contributed by atoms with van der Waals surface area (Å²) in [6.45, 7) is 5.43. The van der Waals surface area contributed by atoms with Crippen LogP contribution >= 0.6 is 15.9 Å². The van der Waals surface area contributed by atoms with Gasteiger partial charge in [-0.15, -0.1) is 0 Å². The van der Waals surface area contributed by atoms with Gasteiger partial charge in [-0.2, -0.15) is 0 Å². The predicted molar refractivity (Wildman–Crippen MR) is 73.8 cm³/mol. The number of hydrogen-bond donors (Lipinski definition) is 1. The second-order valence-corrected chi connectivity index (χ2v) is 5.52. The van der Waals surface area contributed by atoms with Crippen LogP contribution in [0.5, 0.6) is 5.75 Å². The molecule has 1 aromatic carbocycles. The van der Waals surface area contributed by atoms with E-state index in [4.69, 9.17) is 9.47 Å². The first-order chi connectivity index (χ1) is 8.63. The fourth-order valence-corrected chi connectivity index (χ4v) is 2.89. The average Bonchev–Trinajstić information content (AvgIpc) is 2.75. The van der Waals surface area contributed by atoms with E-state index in [1.165, 1.54) is 0 Å². The Morgan fingerprint density at radius 3 is 2.89 bits per heavy atom. The zero-order valence-corrected chi connectivity index (χ0v) is 12.3. The molecule has 1 aromatic rings. The molecule has 1 aliphatic rings. The van der Waals surface area contributed by atoms with E-state index in [0.29, 0.717) is 12.5 Å². The van der Waals surface area contributed by atoms with E-state index >= 15 is 0 Å². The second-order valence-electron chi connectivity index (χ2n) is 4.66. The van der Waals surface area contributed by atoms with Crippen LogP contribution in [0.4, 0.5) is 0 Å². The molecule has 100 valence electrons. The molecule has 0 bridgehead atoms. The SMILES string of the molecule is CCOc1ccc(C(O)C2OCCC2C)c(Br)c1. The summed E-state index contributed by atoms with van der Waals surface area (Å²) in [7, 11) is 0. The fourth-order valence-electron chi connectivity index (χ4n) is 2.30. The molecular formula is C14H19BrO3. The molecule has 1 fully saturated rings. The summed E-state index contributed by atoms with van der Waals surface area (Å²) in [5.74, 6) is 1.19. The van der Waals surface area contributed by atoms with Crippen molar-refractivity contribution in [2.24, 2.45) is 5.92 Å². The first kappa shape index (κ1) is 13.8. The molecule has 1 saturated heterocycles. The van der Waals surface area contributed by atoms with Crippen molar-refractivity contribution in [3.63, 3.8) is 0 Å². The van der Waals surface area contributed by atoms with Crippen LogP contribution in [0.25, 0.3) is 0 Å². The number of hydrogen-bond acceptors (Lipinski definition) is 3. The van der Waals surface area contributed by atoms with Crippen molar-refractivity contribution < 1.29 is 14.6 Å². The lowest BCUT2D eigenvalue weighted by molar-refractivity contribution is -0.0181. The molecule has 3 atom stereocenters. The van der Waals surface area contributed by atoms with Gasteiger partial charge in [-0.3, -0.25) is 0 Å². The molecule has 0 spiro atoms. The molecule has 3 nitrogen and oxygen atoms in total. The molecular weight excluding hydrogens is 296 g/mol. The molecule has 0 amide bonds. The van der Waals surface area contributed by atoms with Crippen LogP contribution in [0, 0.1) is 5.92 Å². The van der Waals surface area contributed by atoms with Gasteiger partial charge in [0.05, 0.1) is 12.7 Å². The first-order valence-corrected chi connectivity index (χ1v) is 7.14. The molecule has 0 radical (unpaired) electrons. The second kappa shape index (κ2) is 6.04. The van der Waals surface area contributed by atoms with Gasteiger partial charge in [0.25, 0.3) is 0 Å². The topological polar surface area (TPSA) is 38.7 Å². The van der Waals surface area contributed by atoms with Gasteiger partial charge >= 0.3 is 0 Å². The van der Waals surface area contributed by atoms with E-state index in [0.717, 1.165) is 28.8 Å². The van der Waals surface area contributed by atoms with Gasteiger partial charge in [0.1, 0.15) is 11.9 Å². The third-order valence-corrected chi connectivity index (χ3v) is 4.04. The molecule has 0 aliphatic carbocycles. The first-order valence-electron chi connectivity index (χ1n) is 6.35. The molecule has 0 saturated carbocycles. The lowest BCUT2D eigenvalue weighted by Gasteiger charge is -2.22. The van der Waals surface area contributed by atoms with Crippen molar-refractivity contribution in [3.05, 3.63) is 28.2 Å². The van der Waals surface area contributed by atoms with Crippen molar-refractivity contribution in [3.8, 4) is 5.75 Å². The molecule has 4 heteroatoms. The summed E-state index contributed by atoms with van der Waals surface area (Å²) in [6, 6.07) is 5.67. The summed E-state index contributed by atoms with van der Waals surface area (Å²) < 4.78 is 11.9. The number of aliphatic hydroxyl groups is 1. The quantitative estimate of drug-likeness (QED) is 0.926. The number of ether oxygens (including phenoxy) is 2. The van der Waals surface area contributed by atoms with Crippen LogP contribution in [0.2, 0.25) is 0 Å². The molecule has 18 heavy (non-hydrogen) atoms. The van der Waals surface area contributed by atoms with Gasteiger partial charge in [-0.25, -0.2) is 0 Å². The molecule has 0 aromatic heterocycles. The Morgan fingerprint density at radius 2 is 2.33 bits per heavy atom.